The lowest BCUT2D eigenvalue weighted by Gasteiger charge is -2.16. The van der Waals surface area contributed by atoms with Crippen molar-refractivity contribution in [3.63, 3.8) is 0 Å². The average molecular weight is 475 g/mol. The van der Waals surface area contributed by atoms with Crippen molar-refractivity contribution in [3.05, 3.63) is 82.8 Å². The quantitative estimate of drug-likeness (QED) is 0.406. The Bertz CT molecular complexity index is 1440. The number of ether oxygens (including phenoxy) is 2. The summed E-state index contributed by atoms with van der Waals surface area (Å²) in [7, 11) is 4.64. The van der Waals surface area contributed by atoms with E-state index in [1.807, 2.05) is 30.3 Å². The minimum Gasteiger partial charge on any atom is -0.494 e. The molecule has 3 aromatic carbocycles. The van der Waals surface area contributed by atoms with Crippen molar-refractivity contribution in [3.8, 4) is 11.5 Å². The third-order valence-electron chi connectivity index (χ3n) is 5.69. The SMILES string of the molecule is COc1cc(NC(=O)c2ccccc2)c(OC)cc1NC(=O)CCn1c(=O)n(C)c2ccccc21. The van der Waals surface area contributed by atoms with Crippen molar-refractivity contribution in [1.82, 2.24) is 9.13 Å². The molecule has 0 bridgehead atoms. The number of hydrogen-bond acceptors (Lipinski definition) is 5. The molecule has 0 atom stereocenters. The predicted octanol–water partition coefficient (Wildman–Crippen LogP) is 3.64. The number of amides is 2. The van der Waals surface area contributed by atoms with Gasteiger partial charge in [-0.05, 0) is 24.3 Å². The Labute approximate surface area is 201 Å². The van der Waals surface area contributed by atoms with Crippen LogP contribution in [0, 0.1) is 0 Å². The van der Waals surface area contributed by atoms with E-state index < -0.39 is 0 Å². The van der Waals surface area contributed by atoms with Gasteiger partial charge in [0, 0.05) is 37.7 Å². The van der Waals surface area contributed by atoms with Crippen LogP contribution >= 0.6 is 0 Å². The van der Waals surface area contributed by atoms with Gasteiger partial charge in [-0.3, -0.25) is 18.7 Å². The Morgan fingerprint density at radius 3 is 2.03 bits per heavy atom. The molecule has 0 saturated carbocycles. The third-order valence-corrected chi connectivity index (χ3v) is 5.69. The van der Waals surface area contributed by atoms with Gasteiger partial charge >= 0.3 is 5.69 Å². The van der Waals surface area contributed by atoms with Gasteiger partial charge in [-0.2, -0.15) is 0 Å². The van der Waals surface area contributed by atoms with Crippen LogP contribution in [-0.2, 0) is 18.4 Å². The highest BCUT2D eigenvalue weighted by Crippen LogP contribution is 2.36. The zero-order valence-electron chi connectivity index (χ0n) is 19.7. The van der Waals surface area contributed by atoms with E-state index in [4.69, 9.17) is 9.47 Å². The van der Waals surface area contributed by atoms with E-state index >= 15 is 0 Å². The Morgan fingerprint density at radius 1 is 0.829 bits per heavy atom. The van der Waals surface area contributed by atoms with E-state index in [-0.39, 0.29) is 30.5 Å². The van der Waals surface area contributed by atoms with Crippen LogP contribution in [0.25, 0.3) is 11.0 Å². The molecule has 1 heterocycles. The van der Waals surface area contributed by atoms with Crippen LogP contribution in [0.4, 0.5) is 11.4 Å². The standard InChI is InChI=1S/C26H26N4O5/c1-29-20-11-7-8-12-21(20)30(26(29)33)14-13-24(31)27-18-15-23(35-3)19(16-22(18)34-2)28-25(32)17-9-5-4-6-10-17/h4-12,15-16H,13-14H2,1-3H3,(H,27,31)(H,28,32). The Kier molecular flexibility index (Phi) is 6.86. The molecular weight excluding hydrogens is 448 g/mol. The van der Waals surface area contributed by atoms with Gasteiger partial charge in [-0.15, -0.1) is 0 Å². The second-order valence-corrected chi connectivity index (χ2v) is 7.85. The van der Waals surface area contributed by atoms with Crippen molar-refractivity contribution in [1.29, 1.82) is 0 Å². The summed E-state index contributed by atoms with van der Waals surface area (Å²) in [4.78, 5) is 37.9. The number of aryl methyl sites for hydroxylation is 2. The summed E-state index contributed by atoms with van der Waals surface area (Å²) in [6.07, 6.45) is 0.0753. The molecule has 4 aromatic rings. The maximum Gasteiger partial charge on any atom is 0.328 e. The molecule has 2 N–H and O–H groups in total. The smallest absolute Gasteiger partial charge is 0.328 e. The van der Waals surface area contributed by atoms with Crippen LogP contribution < -0.4 is 25.8 Å². The summed E-state index contributed by atoms with van der Waals surface area (Å²) in [5.74, 6) is 0.107. The first-order valence-electron chi connectivity index (χ1n) is 11.0. The van der Waals surface area contributed by atoms with Crippen molar-refractivity contribution >= 4 is 34.2 Å². The van der Waals surface area contributed by atoms with Gasteiger partial charge in [0.15, 0.2) is 0 Å². The number of hydrogen-bond donors (Lipinski definition) is 2. The highest BCUT2D eigenvalue weighted by Gasteiger charge is 2.17. The molecule has 0 fully saturated rings. The number of fused-ring (bicyclic) bond motifs is 1. The number of methoxy groups -OCH3 is 2. The number of imidazole rings is 1. The maximum absolute atomic E-state index is 12.8. The number of rotatable bonds is 8. The fraction of sp³-hybridized carbons (Fsp3) is 0.192. The molecule has 9 heteroatoms. The number of anilines is 2. The molecule has 35 heavy (non-hydrogen) atoms. The van der Waals surface area contributed by atoms with Crippen LogP contribution in [0.3, 0.4) is 0 Å². The second-order valence-electron chi connectivity index (χ2n) is 7.85. The average Bonchev–Trinajstić information content (AvgIpc) is 3.13. The van der Waals surface area contributed by atoms with Gasteiger partial charge in [0.1, 0.15) is 11.5 Å². The van der Waals surface area contributed by atoms with Crippen LogP contribution in [0.5, 0.6) is 11.5 Å². The molecule has 0 radical (unpaired) electrons. The summed E-state index contributed by atoms with van der Waals surface area (Å²) in [6, 6.07) is 19.4. The number of nitrogens with zero attached hydrogens (tertiary/aromatic N) is 2. The summed E-state index contributed by atoms with van der Waals surface area (Å²) in [5.41, 5.74) is 2.67. The van der Waals surface area contributed by atoms with E-state index in [0.717, 1.165) is 11.0 Å². The van der Waals surface area contributed by atoms with E-state index in [1.165, 1.54) is 14.2 Å². The van der Waals surface area contributed by atoms with Crippen LogP contribution in [0.1, 0.15) is 16.8 Å². The molecule has 0 aliphatic carbocycles. The van der Waals surface area contributed by atoms with Gasteiger partial charge < -0.3 is 20.1 Å². The molecular formula is C26H26N4O5. The van der Waals surface area contributed by atoms with Crippen LogP contribution in [0.15, 0.2) is 71.5 Å². The Morgan fingerprint density at radius 2 is 1.40 bits per heavy atom. The second kappa shape index (κ2) is 10.2. The van der Waals surface area contributed by atoms with E-state index in [9.17, 15) is 14.4 Å². The largest absolute Gasteiger partial charge is 0.494 e. The van der Waals surface area contributed by atoms with Gasteiger partial charge in [0.05, 0.1) is 36.6 Å². The summed E-state index contributed by atoms with van der Waals surface area (Å²) >= 11 is 0. The Balaban J connectivity index is 1.51. The first-order chi connectivity index (χ1) is 16.9. The molecule has 0 unspecified atom stereocenters. The topological polar surface area (TPSA) is 104 Å². The van der Waals surface area contributed by atoms with Crippen molar-refractivity contribution in [2.75, 3.05) is 24.9 Å². The van der Waals surface area contributed by atoms with E-state index in [1.54, 1.807) is 52.6 Å². The van der Waals surface area contributed by atoms with E-state index in [0.29, 0.717) is 28.4 Å². The fourth-order valence-electron chi connectivity index (χ4n) is 3.88. The third kappa shape index (κ3) is 4.89. The number of nitrogens with one attached hydrogen (secondary N) is 2. The zero-order valence-corrected chi connectivity index (χ0v) is 19.7. The normalized spacial score (nSPS) is 10.7. The lowest BCUT2D eigenvalue weighted by molar-refractivity contribution is -0.116. The van der Waals surface area contributed by atoms with Gasteiger partial charge in [0.2, 0.25) is 5.91 Å². The molecule has 0 spiro atoms. The minimum atomic E-state index is -0.303. The Hall–Kier alpha value is -4.53. The lowest BCUT2D eigenvalue weighted by Crippen LogP contribution is -2.24. The number of aromatic nitrogens is 2. The number of carbonyl (C=O) groups is 2. The van der Waals surface area contributed by atoms with Crippen molar-refractivity contribution < 1.29 is 19.1 Å². The minimum absolute atomic E-state index is 0.0753. The van der Waals surface area contributed by atoms with Crippen LogP contribution in [0.2, 0.25) is 0 Å². The van der Waals surface area contributed by atoms with Crippen molar-refractivity contribution in [2.45, 2.75) is 13.0 Å². The first-order valence-corrected chi connectivity index (χ1v) is 11.0. The summed E-state index contributed by atoms with van der Waals surface area (Å²) in [6.45, 7) is 0.219. The van der Waals surface area contributed by atoms with Crippen molar-refractivity contribution in [2.24, 2.45) is 7.05 Å². The maximum atomic E-state index is 12.8. The predicted molar refractivity (Wildman–Crippen MR) is 134 cm³/mol. The molecule has 0 saturated heterocycles. The summed E-state index contributed by atoms with van der Waals surface area (Å²) < 4.78 is 14.0. The van der Waals surface area contributed by atoms with Crippen LogP contribution in [-0.4, -0.2) is 35.2 Å². The molecule has 2 amide bonds. The highest BCUT2D eigenvalue weighted by atomic mass is 16.5. The van der Waals surface area contributed by atoms with Gasteiger partial charge in [-0.25, -0.2) is 4.79 Å². The lowest BCUT2D eigenvalue weighted by atomic mass is 10.2. The molecule has 1 aromatic heterocycles. The monoisotopic (exact) mass is 474 g/mol. The highest BCUT2D eigenvalue weighted by molar-refractivity contribution is 6.05. The fourth-order valence-corrected chi connectivity index (χ4v) is 3.88. The summed E-state index contributed by atoms with van der Waals surface area (Å²) in [5, 5.41) is 5.62. The number of benzene rings is 3. The zero-order chi connectivity index (χ0) is 24.9. The molecule has 0 aliphatic rings. The molecule has 9 nitrogen and oxygen atoms in total. The first kappa shape index (κ1) is 23.6. The number of carbonyl (C=O) groups excluding carboxylic acids is 2. The molecule has 4 rings (SSSR count). The molecule has 180 valence electrons. The molecule has 0 aliphatic heterocycles. The number of para-hydroxylation sites is 2. The van der Waals surface area contributed by atoms with Gasteiger partial charge in [-0.1, -0.05) is 30.3 Å². The van der Waals surface area contributed by atoms with E-state index in [2.05, 4.69) is 10.6 Å². The van der Waals surface area contributed by atoms with Gasteiger partial charge in [0.25, 0.3) is 5.91 Å².